The maximum absolute atomic E-state index is 10.6. The number of rotatable bonds is 1. The van der Waals surface area contributed by atoms with E-state index in [9.17, 15) is 9.59 Å². The molecule has 10 heavy (non-hydrogen) atoms. The minimum absolute atomic E-state index is 0.0301. The molecular weight excluding hydrogens is 150 g/mol. The highest BCUT2D eigenvalue weighted by atomic mass is 32.2. The van der Waals surface area contributed by atoms with Crippen molar-refractivity contribution in [1.29, 1.82) is 0 Å². The lowest BCUT2D eigenvalue weighted by atomic mass is 10.4. The summed E-state index contributed by atoms with van der Waals surface area (Å²) in [5.41, 5.74) is 0. The zero-order chi connectivity index (χ0) is 7.56. The van der Waals surface area contributed by atoms with Crippen molar-refractivity contribution >= 4 is 23.5 Å². The number of allylic oxidation sites excluding steroid dienone is 1. The van der Waals surface area contributed by atoms with Gasteiger partial charge in [-0.15, -0.1) is 0 Å². The van der Waals surface area contributed by atoms with Crippen LogP contribution >= 0.6 is 11.8 Å². The van der Waals surface area contributed by atoms with Crippen molar-refractivity contribution in [2.24, 2.45) is 0 Å². The lowest BCUT2D eigenvalue weighted by Gasteiger charge is -1.90. The third-order valence-corrected chi connectivity index (χ3v) is 1.89. The molecule has 0 aromatic heterocycles. The monoisotopic (exact) mass is 157 g/mol. The standard InChI is InChI=1S/C6H7NO2S/c1-4(8)2-6-7-5(9)3-10-6/h2H,3H2,1H3,(H,7,9)/b6-2-. The first-order valence-corrected chi connectivity index (χ1v) is 3.82. The highest BCUT2D eigenvalue weighted by molar-refractivity contribution is 8.04. The van der Waals surface area contributed by atoms with E-state index in [0.717, 1.165) is 0 Å². The average Bonchev–Trinajstić information content (AvgIpc) is 2.13. The van der Waals surface area contributed by atoms with Gasteiger partial charge in [0.05, 0.1) is 10.8 Å². The topological polar surface area (TPSA) is 46.2 Å². The molecule has 1 fully saturated rings. The van der Waals surface area contributed by atoms with Crippen LogP contribution < -0.4 is 5.32 Å². The largest absolute Gasteiger partial charge is 0.320 e. The molecule has 54 valence electrons. The summed E-state index contributed by atoms with van der Waals surface area (Å²) in [4.78, 5) is 21.0. The summed E-state index contributed by atoms with van der Waals surface area (Å²) >= 11 is 1.36. The number of amides is 1. The Morgan fingerprint density at radius 1 is 1.80 bits per heavy atom. The van der Waals surface area contributed by atoms with Gasteiger partial charge < -0.3 is 5.32 Å². The summed E-state index contributed by atoms with van der Waals surface area (Å²) in [6.45, 7) is 1.46. The molecule has 0 unspecified atom stereocenters. The van der Waals surface area contributed by atoms with Gasteiger partial charge in [-0.05, 0) is 6.92 Å². The van der Waals surface area contributed by atoms with Crippen LogP contribution in [-0.2, 0) is 9.59 Å². The van der Waals surface area contributed by atoms with Crippen molar-refractivity contribution in [1.82, 2.24) is 5.32 Å². The zero-order valence-electron chi connectivity index (χ0n) is 5.51. The van der Waals surface area contributed by atoms with Crippen LogP contribution in [0.4, 0.5) is 0 Å². The fourth-order valence-corrected chi connectivity index (χ4v) is 1.41. The van der Waals surface area contributed by atoms with Gasteiger partial charge in [0.2, 0.25) is 5.91 Å². The number of ketones is 1. The van der Waals surface area contributed by atoms with Crippen LogP contribution in [0.2, 0.25) is 0 Å². The van der Waals surface area contributed by atoms with Gasteiger partial charge in [0.15, 0.2) is 5.78 Å². The summed E-state index contributed by atoms with van der Waals surface area (Å²) in [6, 6.07) is 0. The second kappa shape index (κ2) is 2.88. The molecule has 1 aliphatic heterocycles. The lowest BCUT2D eigenvalue weighted by Crippen LogP contribution is -2.14. The van der Waals surface area contributed by atoms with Gasteiger partial charge in [0, 0.05) is 6.08 Å². The molecule has 0 spiro atoms. The summed E-state index contributed by atoms with van der Waals surface area (Å²) in [6.07, 6.45) is 1.43. The first-order valence-electron chi connectivity index (χ1n) is 2.83. The van der Waals surface area contributed by atoms with Crippen molar-refractivity contribution in [3.8, 4) is 0 Å². The molecule has 1 N–H and O–H groups in total. The predicted octanol–water partition coefficient (Wildman–Crippen LogP) is 0.280. The van der Waals surface area contributed by atoms with E-state index in [1.807, 2.05) is 0 Å². The minimum Gasteiger partial charge on any atom is -0.320 e. The van der Waals surface area contributed by atoms with Crippen molar-refractivity contribution in [3.63, 3.8) is 0 Å². The number of hydrogen-bond acceptors (Lipinski definition) is 3. The fraction of sp³-hybridized carbons (Fsp3) is 0.333. The van der Waals surface area contributed by atoms with E-state index in [2.05, 4.69) is 5.32 Å². The van der Waals surface area contributed by atoms with Crippen LogP contribution in [0, 0.1) is 0 Å². The first kappa shape index (κ1) is 7.34. The molecule has 1 amide bonds. The van der Waals surface area contributed by atoms with Crippen LogP contribution in [0.1, 0.15) is 6.92 Å². The van der Waals surface area contributed by atoms with E-state index < -0.39 is 0 Å². The number of thioether (sulfide) groups is 1. The van der Waals surface area contributed by atoms with Crippen molar-refractivity contribution < 1.29 is 9.59 Å². The Kier molecular flexibility index (Phi) is 2.11. The molecule has 0 aliphatic carbocycles. The van der Waals surface area contributed by atoms with Crippen LogP contribution in [0.3, 0.4) is 0 Å². The molecule has 0 aromatic rings. The molecule has 0 bridgehead atoms. The summed E-state index contributed by atoms with van der Waals surface area (Å²) < 4.78 is 0. The highest BCUT2D eigenvalue weighted by Crippen LogP contribution is 2.17. The molecule has 0 atom stereocenters. The quantitative estimate of drug-likeness (QED) is 0.556. The molecule has 1 heterocycles. The Morgan fingerprint density at radius 2 is 2.50 bits per heavy atom. The minimum atomic E-state index is -0.0373. The molecule has 1 aliphatic rings. The van der Waals surface area contributed by atoms with Gasteiger partial charge in [-0.25, -0.2) is 0 Å². The third kappa shape index (κ3) is 1.88. The molecule has 1 rings (SSSR count). The van der Waals surface area contributed by atoms with Crippen molar-refractivity contribution in [3.05, 3.63) is 11.1 Å². The molecule has 3 nitrogen and oxygen atoms in total. The fourth-order valence-electron chi connectivity index (χ4n) is 0.615. The summed E-state index contributed by atoms with van der Waals surface area (Å²) in [7, 11) is 0. The number of hydrogen-bond donors (Lipinski definition) is 1. The Morgan fingerprint density at radius 3 is 2.90 bits per heavy atom. The van der Waals surface area contributed by atoms with Crippen LogP contribution in [0.25, 0.3) is 0 Å². The molecule has 0 radical (unpaired) electrons. The maximum atomic E-state index is 10.6. The molecular formula is C6H7NO2S. The maximum Gasteiger partial charge on any atom is 0.235 e. The molecule has 0 saturated carbocycles. The van der Waals surface area contributed by atoms with E-state index in [1.165, 1.54) is 24.8 Å². The van der Waals surface area contributed by atoms with E-state index >= 15 is 0 Å². The van der Waals surface area contributed by atoms with Crippen molar-refractivity contribution in [2.45, 2.75) is 6.92 Å². The second-order valence-corrected chi connectivity index (χ2v) is 2.97. The van der Waals surface area contributed by atoms with Gasteiger partial charge in [-0.2, -0.15) is 0 Å². The van der Waals surface area contributed by atoms with E-state index in [-0.39, 0.29) is 11.7 Å². The lowest BCUT2D eigenvalue weighted by molar-refractivity contribution is -0.117. The Balaban J connectivity index is 2.59. The number of nitrogens with one attached hydrogen (secondary N) is 1. The smallest absolute Gasteiger partial charge is 0.235 e. The second-order valence-electron chi connectivity index (χ2n) is 1.96. The van der Waals surface area contributed by atoms with Gasteiger partial charge in [-0.3, -0.25) is 9.59 Å². The van der Waals surface area contributed by atoms with E-state index in [1.54, 1.807) is 0 Å². The molecule has 0 aromatic carbocycles. The first-order chi connectivity index (χ1) is 4.68. The van der Waals surface area contributed by atoms with Gasteiger partial charge >= 0.3 is 0 Å². The molecule has 4 heteroatoms. The SMILES string of the molecule is CC(=O)/C=C1/NC(=O)CS1. The van der Waals surface area contributed by atoms with E-state index in [0.29, 0.717) is 10.8 Å². The van der Waals surface area contributed by atoms with Gasteiger partial charge in [-0.1, -0.05) is 11.8 Å². The normalized spacial score (nSPS) is 21.3. The van der Waals surface area contributed by atoms with Crippen molar-refractivity contribution in [2.75, 3.05) is 5.75 Å². The third-order valence-electron chi connectivity index (χ3n) is 0.956. The van der Waals surface area contributed by atoms with Gasteiger partial charge in [0.25, 0.3) is 0 Å². The predicted molar refractivity (Wildman–Crippen MR) is 39.4 cm³/mol. The Hall–Kier alpha value is -0.770. The van der Waals surface area contributed by atoms with Crippen LogP contribution in [0.5, 0.6) is 0 Å². The Labute approximate surface area is 62.9 Å². The van der Waals surface area contributed by atoms with E-state index in [4.69, 9.17) is 0 Å². The van der Waals surface area contributed by atoms with Crippen LogP contribution in [0.15, 0.2) is 11.1 Å². The summed E-state index contributed by atoms with van der Waals surface area (Å²) in [5.74, 6) is 0.362. The number of carbonyl (C=O) groups is 2. The van der Waals surface area contributed by atoms with Crippen LogP contribution in [-0.4, -0.2) is 17.4 Å². The Bertz CT molecular complexity index is 210. The zero-order valence-corrected chi connectivity index (χ0v) is 6.33. The highest BCUT2D eigenvalue weighted by Gasteiger charge is 2.14. The molecule has 1 saturated heterocycles. The average molecular weight is 157 g/mol. The summed E-state index contributed by atoms with van der Waals surface area (Å²) in [5, 5.41) is 3.21. The number of carbonyl (C=O) groups excluding carboxylic acids is 2. The van der Waals surface area contributed by atoms with Gasteiger partial charge in [0.1, 0.15) is 0 Å².